The molecule has 1 aliphatic heterocycles. The first-order chi connectivity index (χ1) is 13.6. The number of halogens is 1. The monoisotopic (exact) mass is 442 g/mol. The van der Waals surface area contributed by atoms with Crippen LogP contribution in [0.2, 0.25) is 0 Å². The highest BCUT2D eigenvalue weighted by molar-refractivity contribution is 9.10. The quantitative estimate of drug-likeness (QED) is 0.458. The van der Waals surface area contributed by atoms with E-state index in [1.165, 1.54) is 18.7 Å². The summed E-state index contributed by atoms with van der Waals surface area (Å²) in [5.41, 5.74) is 7.78. The maximum atomic E-state index is 12.9. The molecule has 0 aliphatic carbocycles. The van der Waals surface area contributed by atoms with Crippen molar-refractivity contribution in [2.75, 3.05) is 24.1 Å². The van der Waals surface area contributed by atoms with Gasteiger partial charge in [-0.05, 0) is 41.3 Å². The molecule has 0 unspecified atom stereocenters. The second kappa shape index (κ2) is 7.55. The molecule has 0 aromatic carbocycles. The van der Waals surface area contributed by atoms with Gasteiger partial charge in [-0.3, -0.25) is 4.79 Å². The molecule has 0 atom stereocenters. The van der Waals surface area contributed by atoms with Gasteiger partial charge in [0, 0.05) is 24.9 Å². The van der Waals surface area contributed by atoms with Crippen LogP contribution in [0, 0.1) is 5.41 Å². The fraction of sp³-hybridized carbons (Fsp3) is 0.278. The number of piperidine rings is 1. The second-order valence-corrected chi connectivity index (χ2v) is 7.37. The Balaban J connectivity index is 1.71. The largest absolute Gasteiger partial charge is 0.397 e. The van der Waals surface area contributed by atoms with Crippen LogP contribution in [-0.4, -0.2) is 50.0 Å². The topological polar surface area (TPSA) is 137 Å². The number of hydrogen-bond acceptors (Lipinski definition) is 7. The molecule has 0 spiro atoms. The smallest absolute Gasteiger partial charge is 0.271 e. The molecule has 0 saturated carbocycles. The van der Waals surface area contributed by atoms with Crippen LogP contribution in [0.5, 0.6) is 0 Å². The van der Waals surface area contributed by atoms with Gasteiger partial charge in [0.05, 0.1) is 21.7 Å². The minimum atomic E-state index is -0.0489. The van der Waals surface area contributed by atoms with E-state index in [2.05, 4.69) is 41.2 Å². The van der Waals surface area contributed by atoms with Crippen molar-refractivity contribution in [2.24, 2.45) is 0 Å². The molecule has 144 valence electrons. The van der Waals surface area contributed by atoms with E-state index in [1.807, 2.05) is 4.90 Å². The number of amides is 1. The van der Waals surface area contributed by atoms with E-state index in [9.17, 15) is 4.79 Å². The summed E-state index contributed by atoms with van der Waals surface area (Å²) in [5, 5.41) is 11.2. The van der Waals surface area contributed by atoms with Gasteiger partial charge in [0.2, 0.25) is 0 Å². The first-order valence-electron chi connectivity index (χ1n) is 8.93. The highest BCUT2D eigenvalue weighted by atomic mass is 79.9. The number of rotatable bonds is 4. The first kappa shape index (κ1) is 18.4. The Labute approximate surface area is 169 Å². The predicted molar refractivity (Wildman–Crippen MR) is 111 cm³/mol. The molecule has 28 heavy (non-hydrogen) atoms. The fourth-order valence-corrected chi connectivity index (χ4v) is 3.92. The zero-order chi connectivity index (χ0) is 19.7. The van der Waals surface area contributed by atoms with Gasteiger partial charge < -0.3 is 26.3 Å². The lowest BCUT2D eigenvalue weighted by Crippen LogP contribution is -2.35. The number of fused-ring (bicyclic) bond motifs is 1. The summed E-state index contributed by atoms with van der Waals surface area (Å²) in [6.07, 6.45) is 7.27. The van der Waals surface area contributed by atoms with Crippen LogP contribution in [0.4, 0.5) is 17.3 Å². The van der Waals surface area contributed by atoms with Crippen molar-refractivity contribution in [1.82, 2.24) is 24.8 Å². The molecule has 0 radical (unpaired) electrons. The van der Waals surface area contributed by atoms with Crippen LogP contribution in [0.15, 0.2) is 23.1 Å². The number of carbonyl (C=O) groups excluding carboxylic acids is 1. The SMILES string of the molecule is N=Cc1cc(Nc2ncnc3[nH]c(C(=O)N4CCCCC4)c(Br)c23)ncc1N. The van der Waals surface area contributed by atoms with E-state index in [4.69, 9.17) is 11.1 Å². The van der Waals surface area contributed by atoms with E-state index in [0.717, 1.165) is 32.4 Å². The third-order valence-electron chi connectivity index (χ3n) is 4.76. The van der Waals surface area contributed by atoms with Crippen molar-refractivity contribution >= 4 is 56.4 Å². The molecule has 4 heterocycles. The molecule has 10 heteroatoms. The Hall–Kier alpha value is -3.01. The number of nitrogens with one attached hydrogen (secondary N) is 3. The van der Waals surface area contributed by atoms with Crippen molar-refractivity contribution in [3.8, 4) is 0 Å². The lowest BCUT2D eigenvalue weighted by molar-refractivity contribution is 0.0718. The Kier molecular flexibility index (Phi) is 4.95. The molecule has 3 aromatic rings. The summed E-state index contributed by atoms with van der Waals surface area (Å²) < 4.78 is 0.615. The maximum absolute atomic E-state index is 12.9. The summed E-state index contributed by atoms with van der Waals surface area (Å²) in [6.45, 7) is 1.53. The van der Waals surface area contributed by atoms with Gasteiger partial charge in [-0.2, -0.15) is 0 Å². The average molecular weight is 443 g/mol. The fourth-order valence-electron chi connectivity index (χ4n) is 3.28. The van der Waals surface area contributed by atoms with Crippen LogP contribution in [0.3, 0.4) is 0 Å². The van der Waals surface area contributed by atoms with Gasteiger partial charge in [0.25, 0.3) is 5.91 Å². The number of nitrogens with two attached hydrogens (primary N) is 1. The molecule has 0 bridgehead atoms. The predicted octanol–water partition coefficient (Wildman–Crippen LogP) is 3.06. The zero-order valence-electron chi connectivity index (χ0n) is 15.0. The summed E-state index contributed by atoms with van der Waals surface area (Å²) >= 11 is 3.55. The maximum Gasteiger partial charge on any atom is 0.271 e. The first-order valence-corrected chi connectivity index (χ1v) is 9.72. The number of aromatic nitrogens is 4. The van der Waals surface area contributed by atoms with Crippen molar-refractivity contribution < 1.29 is 4.79 Å². The number of anilines is 3. The molecule has 1 amide bonds. The molecule has 9 nitrogen and oxygen atoms in total. The normalized spacial score (nSPS) is 14.2. The molecule has 1 aliphatic rings. The lowest BCUT2D eigenvalue weighted by Gasteiger charge is -2.26. The van der Waals surface area contributed by atoms with Gasteiger partial charge in [0.15, 0.2) is 0 Å². The van der Waals surface area contributed by atoms with E-state index in [1.54, 1.807) is 6.07 Å². The van der Waals surface area contributed by atoms with Gasteiger partial charge in [0.1, 0.15) is 29.3 Å². The average Bonchev–Trinajstić information content (AvgIpc) is 3.07. The summed E-state index contributed by atoms with van der Waals surface area (Å²) in [7, 11) is 0. The van der Waals surface area contributed by atoms with Crippen LogP contribution in [-0.2, 0) is 0 Å². The Morgan fingerprint density at radius 1 is 1.29 bits per heavy atom. The van der Waals surface area contributed by atoms with Crippen molar-refractivity contribution in [3.05, 3.63) is 34.3 Å². The van der Waals surface area contributed by atoms with Crippen molar-refractivity contribution in [1.29, 1.82) is 5.41 Å². The summed E-state index contributed by atoms with van der Waals surface area (Å²) in [5.74, 6) is 0.941. The number of hydrogen-bond donors (Lipinski definition) is 4. The molecule has 3 aromatic heterocycles. The number of likely N-dealkylation sites (tertiary alicyclic amines) is 1. The van der Waals surface area contributed by atoms with Crippen molar-refractivity contribution in [3.63, 3.8) is 0 Å². The number of H-pyrrole nitrogens is 1. The molecule has 4 rings (SSSR count). The number of carbonyl (C=O) groups is 1. The number of nitrogen functional groups attached to an aromatic ring is 1. The minimum absolute atomic E-state index is 0.0489. The van der Waals surface area contributed by atoms with Gasteiger partial charge in [-0.25, -0.2) is 15.0 Å². The van der Waals surface area contributed by atoms with Crippen LogP contribution in [0.25, 0.3) is 11.0 Å². The third kappa shape index (κ3) is 3.31. The van der Waals surface area contributed by atoms with Crippen molar-refractivity contribution in [2.45, 2.75) is 19.3 Å². The Morgan fingerprint density at radius 3 is 2.82 bits per heavy atom. The number of aromatic amines is 1. The van der Waals surface area contributed by atoms with E-state index in [-0.39, 0.29) is 5.91 Å². The highest BCUT2D eigenvalue weighted by Crippen LogP contribution is 2.33. The Morgan fingerprint density at radius 2 is 2.07 bits per heavy atom. The standard InChI is InChI=1S/C18H19BrN8O/c19-14-13-16(25-12-6-10(7-20)11(21)8-22-12)23-9-24-17(13)26-15(14)18(28)27-4-2-1-3-5-27/h6-9,20H,1-5,21H2,(H2,22,23,24,25,26). The van der Waals surface area contributed by atoms with Gasteiger partial charge in [-0.15, -0.1) is 0 Å². The zero-order valence-corrected chi connectivity index (χ0v) is 16.6. The molecular weight excluding hydrogens is 424 g/mol. The third-order valence-corrected chi connectivity index (χ3v) is 5.55. The van der Waals surface area contributed by atoms with Crippen LogP contribution >= 0.6 is 15.9 Å². The minimum Gasteiger partial charge on any atom is -0.397 e. The van der Waals surface area contributed by atoms with Gasteiger partial charge >= 0.3 is 0 Å². The second-order valence-electron chi connectivity index (χ2n) is 6.58. The number of pyridine rings is 1. The molecule has 5 N–H and O–H groups in total. The molecular formula is C18H19BrN8O. The van der Waals surface area contributed by atoms with Crippen LogP contribution < -0.4 is 11.1 Å². The molecule has 1 saturated heterocycles. The summed E-state index contributed by atoms with van der Waals surface area (Å²) in [6, 6.07) is 1.66. The summed E-state index contributed by atoms with van der Waals surface area (Å²) in [4.78, 5) is 30.7. The van der Waals surface area contributed by atoms with E-state index >= 15 is 0 Å². The molecule has 1 fully saturated rings. The lowest BCUT2D eigenvalue weighted by atomic mass is 10.1. The van der Waals surface area contributed by atoms with Gasteiger partial charge in [-0.1, -0.05) is 0 Å². The van der Waals surface area contributed by atoms with E-state index in [0.29, 0.717) is 44.1 Å². The Bertz CT molecular complexity index is 1060. The highest BCUT2D eigenvalue weighted by Gasteiger charge is 2.25. The van der Waals surface area contributed by atoms with Crippen LogP contribution in [0.1, 0.15) is 35.3 Å². The van der Waals surface area contributed by atoms with E-state index < -0.39 is 0 Å². The number of nitrogens with zero attached hydrogens (tertiary/aromatic N) is 4.